The number of anilines is 3. The minimum absolute atomic E-state index is 0.254. The van der Waals surface area contributed by atoms with Gasteiger partial charge in [-0.3, -0.25) is 4.79 Å². The highest BCUT2D eigenvalue weighted by molar-refractivity contribution is 6.03. The van der Waals surface area contributed by atoms with E-state index in [1.54, 1.807) is 73.8 Å². The average molecular weight is 386 g/mol. The van der Waals surface area contributed by atoms with Gasteiger partial charge in [0, 0.05) is 11.4 Å². The average Bonchev–Trinajstić information content (AvgIpc) is 2.75. The SMILES string of the molecule is CCOC(=O)c1ccc(NC(=O)c2ccc(Nc3ccc(C#N)cc3)cn2)cc1. The minimum atomic E-state index is -0.405. The number of ether oxygens (including phenoxy) is 1. The van der Waals surface area contributed by atoms with Gasteiger partial charge in [-0.25, -0.2) is 9.78 Å². The van der Waals surface area contributed by atoms with Gasteiger partial charge < -0.3 is 15.4 Å². The van der Waals surface area contributed by atoms with Crippen LogP contribution in [0.15, 0.2) is 66.9 Å². The topological polar surface area (TPSA) is 104 Å². The highest BCUT2D eigenvalue weighted by atomic mass is 16.5. The molecule has 0 radical (unpaired) electrons. The molecule has 0 aliphatic rings. The highest BCUT2D eigenvalue weighted by Gasteiger charge is 2.10. The number of esters is 1. The van der Waals surface area contributed by atoms with Crippen LogP contribution in [0, 0.1) is 11.3 Å². The quantitative estimate of drug-likeness (QED) is 0.618. The molecule has 1 heterocycles. The van der Waals surface area contributed by atoms with Crippen LogP contribution in [-0.2, 0) is 4.74 Å². The molecule has 29 heavy (non-hydrogen) atoms. The van der Waals surface area contributed by atoms with Crippen LogP contribution in [-0.4, -0.2) is 23.5 Å². The molecule has 0 saturated heterocycles. The molecule has 0 aliphatic heterocycles. The predicted molar refractivity (Wildman–Crippen MR) is 109 cm³/mol. The molecule has 2 aromatic carbocycles. The maximum atomic E-state index is 12.4. The van der Waals surface area contributed by atoms with Gasteiger partial charge in [-0.1, -0.05) is 0 Å². The Hall–Kier alpha value is -4.18. The van der Waals surface area contributed by atoms with E-state index in [-0.39, 0.29) is 11.6 Å². The summed E-state index contributed by atoms with van der Waals surface area (Å²) >= 11 is 0. The number of benzene rings is 2. The van der Waals surface area contributed by atoms with E-state index in [0.29, 0.717) is 29.1 Å². The van der Waals surface area contributed by atoms with Gasteiger partial charge in [-0.05, 0) is 67.6 Å². The summed E-state index contributed by atoms with van der Waals surface area (Å²) in [5.74, 6) is -0.767. The van der Waals surface area contributed by atoms with E-state index in [1.807, 2.05) is 0 Å². The molecule has 0 saturated carbocycles. The zero-order valence-electron chi connectivity index (χ0n) is 15.7. The van der Waals surface area contributed by atoms with Crippen molar-refractivity contribution in [3.8, 4) is 6.07 Å². The number of rotatable bonds is 6. The molecular weight excluding hydrogens is 368 g/mol. The first-order valence-electron chi connectivity index (χ1n) is 8.91. The van der Waals surface area contributed by atoms with Crippen molar-refractivity contribution >= 4 is 28.9 Å². The number of amides is 1. The molecule has 7 nitrogen and oxygen atoms in total. The lowest BCUT2D eigenvalue weighted by molar-refractivity contribution is 0.0526. The number of carbonyl (C=O) groups excluding carboxylic acids is 2. The van der Waals surface area contributed by atoms with E-state index in [1.165, 1.54) is 0 Å². The van der Waals surface area contributed by atoms with E-state index in [2.05, 4.69) is 21.7 Å². The summed E-state index contributed by atoms with van der Waals surface area (Å²) in [6, 6.07) is 18.9. The van der Waals surface area contributed by atoms with Crippen LogP contribution >= 0.6 is 0 Å². The van der Waals surface area contributed by atoms with Crippen molar-refractivity contribution in [3.05, 3.63) is 83.7 Å². The van der Waals surface area contributed by atoms with Gasteiger partial charge in [-0.15, -0.1) is 0 Å². The summed E-state index contributed by atoms with van der Waals surface area (Å²) in [6.45, 7) is 2.05. The standard InChI is InChI=1S/C22H18N4O3/c1-2-29-22(28)16-5-9-18(10-6-16)26-21(27)20-12-11-19(14-24-20)25-17-7-3-15(13-23)4-8-17/h3-12,14,25H,2H2,1H3,(H,26,27). The van der Waals surface area contributed by atoms with Crippen molar-refractivity contribution < 1.29 is 14.3 Å². The summed E-state index contributed by atoms with van der Waals surface area (Å²) in [5, 5.41) is 14.7. The smallest absolute Gasteiger partial charge is 0.338 e. The van der Waals surface area contributed by atoms with Gasteiger partial charge in [0.2, 0.25) is 0 Å². The third-order valence-electron chi connectivity index (χ3n) is 3.95. The lowest BCUT2D eigenvalue weighted by atomic mass is 10.2. The summed E-state index contributed by atoms with van der Waals surface area (Å²) < 4.78 is 4.93. The van der Waals surface area contributed by atoms with Crippen LogP contribution in [0.3, 0.4) is 0 Å². The second-order valence-corrected chi connectivity index (χ2v) is 6.00. The zero-order valence-corrected chi connectivity index (χ0v) is 15.7. The molecule has 0 aliphatic carbocycles. The van der Waals surface area contributed by atoms with Crippen LogP contribution < -0.4 is 10.6 Å². The fourth-order valence-corrected chi connectivity index (χ4v) is 2.50. The van der Waals surface area contributed by atoms with Crippen LogP contribution in [0.2, 0.25) is 0 Å². The molecule has 144 valence electrons. The zero-order chi connectivity index (χ0) is 20.6. The van der Waals surface area contributed by atoms with Crippen molar-refractivity contribution in [1.82, 2.24) is 4.98 Å². The summed E-state index contributed by atoms with van der Waals surface area (Å²) in [6.07, 6.45) is 1.55. The highest BCUT2D eigenvalue weighted by Crippen LogP contribution is 2.17. The summed E-state index contributed by atoms with van der Waals surface area (Å²) in [5.41, 5.74) is 3.32. The molecule has 0 unspecified atom stereocenters. The second-order valence-electron chi connectivity index (χ2n) is 6.00. The largest absolute Gasteiger partial charge is 0.462 e. The van der Waals surface area contributed by atoms with Crippen molar-refractivity contribution in [3.63, 3.8) is 0 Å². The molecule has 0 fully saturated rings. The van der Waals surface area contributed by atoms with Crippen molar-refractivity contribution in [2.45, 2.75) is 6.92 Å². The maximum absolute atomic E-state index is 12.4. The molecular formula is C22H18N4O3. The summed E-state index contributed by atoms with van der Waals surface area (Å²) in [4.78, 5) is 28.2. The number of aromatic nitrogens is 1. The Bertz CT molecular complexity index is 1040. The first-order chi connectivity index (χ1) is 14.1. The number of hydrogen-bond acceptors (Lipinski definition) is 6. The lowest BCUT2D eigenvalue weighted by Gasteiger charge is -2.08. The lowest BCUT2D eigenvalue weighted by Crippen LogP contribution is -2.14. The Kier molecular flexibility index (Phi) is 6.18. The summed E-state index contributed by atoms with van der Waals surface area (Å²) in [7, 11) is 0. The Balaban J connectivity index is 1.61. The first-order valence-corrected chi connectivity index (χ1v) is 8.91. The molecule has 1 aromatic heterocycles. The van der Waals surface area contributed by atoms with Crippen molar-refractivity contribution in [1.29, 1.82) is 5.26 Å². The van der Waals surface area contributed by atoms with E-state index >= 15 is 0 Å². The van der Waals surface area contributed by atoms with E-state index in [0.717, 1.165) is 5.69 Å². The molecule has 7 heteroatoms. The molecule has 0 atom stereocenters. The van der Waals surface area contributed by atoms with Crippen LogP contribution in [0.4, 0.5) is 17.1 Å². The predicted octanol–water partition coefficient (Wildman–Crippen LogP) is 4.13. The van der Waals surface area contributed by atoms with E-state index in [9.17, 15) is 9.59 Å². The Morgan fingerprint density at radius 3 is 2.21 bits per heavy atom. The van der Waals surface area contributed by atoms with Gasteiger partial charge in [0.05, 0.1) is 35.7 Å². The van der Waals surface area contributed by atoms with Crippen LogP contribution in [0.25, 0.3) is 0 Å². The first kappa shape index (κ1) is 19.6. The van der Waals surface area contributed by atoms with Gasteiger partial charge in [0.15, 0.2) is 0 Å². The van der Waals surface area contributed by atoms with Gasteiger partial charge in [-0.2, -0.15) is 5.26 Å². The van der Waals surface area contributed by atoms with Crippen LogP contribution in [0.1, 0.15) is 33.3 Å². The fraction of sp³-hybridized carbons (Fsp3) is 0.0909. The van der Waals surface area contributed by atoms with Gasteiger partial charge in [0.1, 0.15) is 5.69 Å². The molecule has 0 bridgehead atoms. The van der Waals surface area contributed by atoms with Crippen molar-refractivity contribution in [2.24, 2.45) is 0 Å². The Labute approximate surface area is 168 Å². The fourth-order valence-electron chi connectivity index (χ4n) is 2.50. The normalized spacial score (nSPS) is 9.93. The van der Waals surface area contributed by atoms with Gasteiger partial charge >= 0.3 is 5.97 Å². The van der Waals surface area contributed by atoms with E-state index in [4.69, 9.17) is 10.00 Å². The molecule has 3 rings (SSSR count). The number of carbonyl (C=O) groups is 2. The molecule has 3 aromatic rings. The third-order valence-corrected chi connectivity index (χ3v) is 3.95. The third kappa shape index (κ3) is 5.17. The van der Waals surface area contributed by atoms with Crippen molar-refractivity contribution in [2.75, 3.05) is 17.2 Å². The minimum Gasteiger partial charge on any atom is -0.462 e. The second kappa shape index (κ2) is 9.15. The molecule has 1 amide bonds. The Morgan fingerprint density at radius 1 is 0.966 bits per heavy atom. The number of nitrogens with one attached hydrogen (secondary N) is 2. The Morgan fingerprint density at radius 2 is 1.62 bits per heavy atom. The van der Waals surface area contributed by atoms with Gasteiger partial charge in [0.25, 0.3) is 5.91 Å². The monoisotopic (exact) mass is 386 g/mol. The molecule has 2 N–H and O–H groups in total. The number of nitriles is 1. The molecule has 0 spiro atoms. The van der Waals surface area contributed by atoms with E-state index < -0.39 is 5.97 Å². The number of pyridine rings is 1. The number of nitrogens with zero attached hydrogens (tertiary/aromatic N) is 2. The number of hydrogen-bond donors (Lipinski definition) is 2. The van der Waals surface area contributed by atoms with Crippen LogP contribution in [0.5, 0.6) is 0 Å². The maximum Gasteiger partial charge on any atom is 0.338 e.